The number of hydrogen-bond donors (Lipinski definition) is 0. The van der Waals surface area contributed by atoms with E-state index in [1.54, 1.807) is 0 Å². The highest BCUT2D eigenvalue weighted by molar-refractivity contribution is 7.98. The Hall–Kier alpha value is 0.640. The minimum atomic E-state index is 0.472. The fraction of sp³-hybridized carbons (Fsp3) is 1.00. The molecule has 15 heavy (non-hydrogen) atoms. The summed E-state index contributed by atoms with van der Waals surface area (Å²) in [7, 11) is 0. The highest BCUT2D eigenvalue weighted by Gasteiger charge is 2.27. The smallest absolute Gasteiger partial charge is 0.0364 e. The van der Waals surface area contributed by atoms with Crippen LogP contribution in [0, 0.1) is 11.8 Å². The Kier molecular flexibility index (Phi) is 7.16. The van der Waals surface area contributed by atoms with E-state index in [1.165, 1.54) is 50.7 Å². The van der Waals surface area contributed by atoms with Gasteiger partial charge in [0.25, 0.3) is 0 Å². The van der Waals surface area contributed by atoms with E-state index in [0.717, 1.165) is 11.8 Å². The van der Waals surface area contributed by atoms with E-state index in [4.69, 9.17) is 11.6 Å². The van der Waals surface area contributed by atoms with Gasteiger partial charge in [0.1, 0.15) is 0 Å². The first-order valence-electron chi connectivity index (χ1n) is 6.41. The second kappa shape index (κ2) is 7.84. The molecule has 0 amide bonds. The first-order chi connectivity index (χ1) is 7.27. The zero-order valence-electron chi connectivity index (χ0n) is 10.2. The summed E-state index contributed by atoms with van der Waals surface area (Å²) in [6.07, 6.45) is 11.7. The summed E-state index contributed by atoms with van der Waals surface area (Å²) in [6, 6.07) is 0. The molecule has 90 valence electrons. The van der Waals surface area contributed by atoms with Crippen LogP contribution in [-0.2, 0) is 0 Å². The topological polar surface area (TPSA) is 0 Å². The van der Waals surface area contributed by atoms with Crippen LogP contribution in [-0.4, -0.2) is 17.4 Å². The maximum atomic E-state index is 6.42. The zero-order valence-corrected chi connectivity index (χ0v) is 11.7. The van der Waals surface area contributed by atoms with Crippen LogP contribution in [0.25, 0.3) is 0 Å². The van der Waals surface area contributed by atoms with Gasteiger partial charge >= 0.3 is 0 Å². The SMILES string of the molecule is CCCC1CCC(Cl)C(CCCSC)C1. The lowest BCUT2D eigenvalue weighted by Crippen LogP contribution is -2.25. The number of alkyl halides is 1. The van der Waals surface area contributed by atoms with Gasteiger partial charge in [-0.05, 0) is 55.9 Å². The minimum Gasteiger partial charge on any atom is -0.165 e. The lowest BCUT2D eigenvalue weighted by molar-refractivity contribution is 0.247. The Bertz CT molecular complexity index is 161. The van der Waals surface area contributed by atoms with E-state index in [1.807, 2.05) is 11.8 Å². The number of thioether (sulfide) groups is 1. The van der Waals surface area contributed by atoms with Gasteiger partial charge in [0.15, 0.2) is 0 Å². The molecule has 1 aliphatic carbocycles. The summed E-state index contributed by atoms with van der Waals surface area (Å²) < 4.78 is 0. The highest BCUT2D eigenvalue weighted by Crippen LogP contribution is 2.37. The maximum absolute atomic E-state index is 6.42. The van der Waals surface area contributed by atoms with Crippen molar-refractivity contribution in [3.8, 4) is 0 Å². The van der Waals surface area contributed by atoms with Gasteiger partial charge in [0.05, 0.1) is 0 Å². The van der Waals surface area contributed by atoms with Gasteiger partial charge in [-0.3, -0.25) is 0 Å². The monoisotopic (exact) mass is 248 g/mol. The van der Waals surface area contributed by atoms with E-state index in [9.17, 15) is 0 Å². The molecule has 3 unspecified atom stereocenters. The molecule has 3 atom stereocenters. The Morgan fingerprint density at radius 3 is 2.73 bits per heavy atom. The van der Waals surface area contributed by atoms with Crippen LogP contribution in [0.1, 0.15) is 51.9 Å². The molecule has 0 nitrogen and oxygen atoms in total. The number of hydrogen-bond acceptors (Lipinski definition) is 1. The average Bonchev–Trinajstić information content (AvgIpc) is 2.23. The third-order valence-electron chi connectivity index (χ3n) is 3.62. The van der Waals surface area contributed by atoms with Crippen molar-refractivity contribution in [3.05, 3.63) is 0 Å². The van der Waals surface area contributed by atoms with E-state index in [-0.39, 0.29) is 0 Å². The Morgan fingerprint density at radius 2 is 2.07 bits per heavy atom. The van der Waals surface area contributed by atoms with Gasteiger partial charge in [0, 0.05) is 5.38 Å². The Morgan fingerprint density at radius 1 is 1.27 bits per heavy atom. The van der Waals surface area contributed by atoms with Crippen molar-refractivity contribution in [1.29, 1.82) is 0 Å². The molecule has 0 aliphatic heterocycles. The average molecular weight is 249 g/mol. The van der Waals surface area contributed by atoms with Gasteiger partial charge in [0.2, 0.25) is 0 Å². The normalized spacial score (nSPS) is 31.8. The van der Waals surface area contributed by atoms with Crippen LogP contribution in [0.15, 0.2) is 0 Å². The van der Waals surface area contributed by atoms with Gasteiger partial charge in [-0.1, -0.05) is 19.8 Å². The van der Waals surface area contributed by atoms with Crippen LogP contribution < -0.4 is 0 Å². The number of rotatable bonds is 6. The Balaban J connectivity index is 2.26. The summed E-state index contributed by atoms with van der Waals surface area (Å²) in [6.45, 7) is 2.30. The van der Waals surface area contributed by atoms with Gasteiger partial charge < -0.3 is 0 Å². The maximum Gasteiger partial charge on any atom is 0.0364 e. The molecule has 1 saturated carbocycles. The van der Waals surface area contributed by atoms with Gasteiger partial charge in [-0.15, -0.1) is 11.6 Å². The summed E-state index contributed by atoms with van der Waals surface area (Å²) in [5.74, 6) is 3.09. The van der Waals surface area contributed by atoms with Gasteiger partial charge in [-0.25, -0.2) is 0 Å². The molecule has 0 N–H and O–H groups in total. The van der Waals surface area contributed by atoms with Gasteiger partial charge in [-0.2, -0.15) is 11.8 Å². The molecular weight excluding hydrogens is 224 g/mol. The second-order valence-electron chi connectivity index (χ2n) is 4.88. The summed E-state index contributed by atoms with van der Waals surface area (Å²) >= 11 is 8.38. The van der Waals surface area contributed by atoms with Crippen LogP contribution >= 0.6 is 23.4 Å². The van der Waals surface area contributed by atoms with Crippen LogP contribution in [0.5, 0.6) is 0 Å². The highest BCUT2D eigenvalue weighted by atomic mass is 35.5. The molecule has 0 aromatic rings. The molecule has 1 rings (SSSR count). The Labute approximate surface area is 105 Å². The second-order valence-corrected chi connectivity index (χ2v) is 6.43. The van der Waals surface area contributed by atoms with Crippen molar-refractivity contribution in [2.24, 2.45) is 11.8 Å². The predicted octanol–water partition coefficient (Wildman–Crippen LogP) is 4.95. The molecule has 1 fully saturated rings. The molecule has 1 aliphatic rings. The predicted molar refractivity (Wildman–Crippen MR) is 73.0 cm³/mol. The molecular formula is C13H25ClS. The minimum absolute atomic E-state index is 0.472. The van der Waals surface area contributed by atoms with Crippen molar-refractivity contribution >= 4 is 23.4 Å². The zero-order chi connectivity index (χ0) is 11.1. The summed E-state index contributed by atoms with van der Waals surface area (Å²) in [5, 5.41) is 0.472. The molecule has 0 saturated heterocycles. The van der Waals surface area contributed by atoms with E-state index in [2.05, 4.69) is 13.2 Å². The van der Waals surface area contributed by atoms with Crippen molar-refractivity contribution < 1.29 is 0 Å². The number of halogens is 1. The molecule has 0 heterocycles. The fourth-order valence-corrected chi connectivity index (χ4v) is 3.59. The summed E-state index contributed by atoms with van der Waals surface area (Å²) in [5.41, 5.74) is 0. The largest absolute Gasteiger partial charge is 0.165 e. The lowest BCUT2D eigenvalue weighted by atomic mass is 9.77. The molecule has 0 spiro atoms. The first kappa shape index (κ1) is 13.7. The standard InChI is InChI=1S/C13H25ClS/c1-3-5-11-7-8-13(14)12(10-11)6-4-9-15-2/h11-13H,3-10H2,1-2H3. The molecule has 0 radical (unpaired) electrons. The molecule has 0 aromatic heterocycles. The first-order valence-corrected chi connectivity index (χ1v) is 8.24. The van der Waals surface area contributed by atoms with Crippen LogP contribution in [0.2, 0.25) is 0 Å². The van der Waals surface area contributed by atoms with E-state index < -0.39 is 0 Å². The fourth-order valence-electron chi connectivity index (χ4n) is 2.78. The van der Waals surface area contributed by atoms with Crippen LogP contribution in [0.4, 0.5) is 0 Å². The molecule has 2 heteroatoms. The third kappa shape index (κ3) is 4.99. The molecule has 0 aromatic carbocycles. The van der Waals surface area contributed by atoms with Crippen molar-refractivity contribution in [2.45, 2.75) is 57.2 Å². The quantitative estimate of drug-likeness (QED) is 0.473. The van der Waals surface area contributed by atoms with Crippen molar-refractivity contribution in [1.82, 2.24) is 0 Å². The lowest BCUT2D eigenvalue weighted by Gasteiger charge is -2.33. The van der Waals surface area contributed by atoms with Crippen molar-refractivity contribution in [2.75, 3.05) is 12.0 Å². The summed E-state index contributed by atoms with van der Waals surface area (Å²) in [4.78, 5) is 0. The van der Waals surface area contributed by atoms with Crippen molar-refractivity contribution in [3.63, 3.8) is 0 Å². The third-order valence-corrected chi connectivity index (χ3v) is 4.89. The van der Waals surface area contributed by atoms with E-state index in [0.29, 0.717) is 5.38 Å². The molecule has 0 bridgehead atoms. The van der Waals surface area contributed by atoms with Crippen LogP contribution in [0.3, 0.4) is 0 Å². The van der Waals surface area contributed by atoms with E-state index >= 15 is 0 Å².